The molecule has 5 nitrogen and oxygen atoms in total. The van der Waals surface area contributed by atoms with Crippen molar-refractivity contribution in [2.24, 2.45) is 0 Å². The van der Waals surface area contributed by atoms with Crippen LogP contribution in [0.1, 0.15) is 23.6 Å². The normalized spacial score (nSPS) is 11.5. The Hall–Kier alpha value is -2.77. The molecule has 0 spiro atoms. The molecule has 0 aliphatic heterocycles. The van der Waals surface area contributed by atoms with E-state index in [0.717, 1.165) is 32.7 Å². The number of methoxy groups -OCH3 is 1. The molecule has 0 saturated carbocycles. The minimum Gasteiger partial charge on any atom is -0.497 e. The van der Waals surface area contributed by atoms with Gasteiger partial charge in [-0.05, 0) is 47.9 Å². The van der Waals surface area contributed by atoms with Gasteiger partial charge in [-0.15, -0.1) is 11.8 Å². The van der Waals surface area contributed by atoms with Gasteiger partial charge in [-0.1, -0.05) is 70.5 Å². The number of rotatable bonds is 12. The number of carbonyl (C=O) groups excluding carboxylic acids is 2. The molecule has 3 aromatic carbocycles. The molecule has 35 heavy (non-hydrogen) atoms. The largest absolute Gasteiger partial charge is 0.497 e. The monoisotopic (exact) mass is 554 g/mol. The van der Waals surface area contributed by atoms with E-state index in [1.54, 1.807) is 23.8 Å². The fourth-order valence-corrected chi connectivity index (χ4v) is 4.87. The van der Waals surface area contributed by atoms with Crippen LogP contribution >= 0.6 is 27.7 Å². The predicted molar refractivity (Wildman–Crippen MR) is 146 cm³/mol. The quantitative estimate of drug-likeness (QED) is 0.322. The lowest BCUT2D eigenvalue weighted by molar-refractivity contribution is -0.139. The minimum atomic E-state index is -0.621. The number of hydrogen-bond acceptors (Lipinski definition) is 4. The third-order valence-corrected chi connectivity index (χ3v) is 7.03. The highest BCUT2D eigenvalue weighted by atomic mass is 79.9. The zero-order chi connectivity index (χ0) is 25.0. The molecule has 1 atom stereocenters. The summed E-state index contributed by atoms with van der Waals surface area (Å²) in [7, 11) is 1.62. The van der Waals surface area contributed by atoms with E-state index in [1.165, 1.54) is 0 Å². The van der Waals surface area contributed by atoms with E-state index >= 15 is 0 Å². The van der Waals surface area contributed by atoms with Crippen LogP contribution in [0.3, 0.4) is 0 Å². The first kappa shape index (κ1) is 26.8. The van der Waals surface area contributed by atoms with Gasteiger partial charge in [0.1, 0.15) is 11.8 Å². The Balaban J connectivity index is 1.83. The molecule has 0 aliphatic carbocycles. The average Bonchev–Trinajstić information content (AvgIpc) is 2.88. The minimum absolute atomic E-state index is 0.0675. The van der Waals surface area contributed by atoms with Crippen molar-refractivity contribution in [1.29, 1.82) is 0 Å². The first-order valence-electron chi connectivity index (χ1n) is 11.6. The molecule has 184 valence electrons. The van der Waals surface area contributed by atoms with E-state index < -0.39 is 6.04 Å². The number of nitrogens with one attached hydrogen (secondary N) is 1. The van der Waals surface area contributed by atoms with Crippen molar-refractivity contribution in [3.63, 3.8) is 0 Å². The Labute approximate surface area is 220 Å². The molecule has 3 rings (SSSR count). The fraction of sp³-hybridized carbons (Fsp3) is 0.286. The molecule has 1 unspecified atom stereocenters. The molecule has 0 radical (unpaired) electrons. The van der Waals surface area contributed by atoms with Gasteiger partial charge in [0, 0.05) is 29.7 Å². The zero-order valence-corrected chi connectivity index (χ0v) is 22.5. The van der Waals surface area contributed by atoms with Crippen molar-refractivity contribution in [2.45, 2.75) is 31.7 Å². The summed E-state index contributed by atoms with van der Waals surface area (Å²) in [6, 6.07) is 24.9. The Morgan fingerprint density at radius 1 is 0.971 bits per heavy atom. The van der Waals surface area contributed by atoms with Crippen LogP contribution in [-0.4, -0.2) is 42.2 Å². The van der Waals surface area contributed by atoms with Gasteiger partial charge >= 0.3 is 0 Å². The first-order chi connectivity index (χ1) is 17.0. The summed E-state index contributed by atoms with van der Waals surface area (Å²) in [4.78, 5) is 28.5. The van der Waals surface area contributed by atoms with E-state index in [1.807, 2.05) is 85.8 Å². The van der Waals surface area contributed by atoms with E-state index in [4.69, 9.17) is 4.74 Å². The van der Waals surface area contributed by atoms with Crippen LogP contribution in [0, 0.1) is 0 Å². The maximum absolute atomic E-state index is 13.6. The summed E-state index contributed by atoms with van der Waals surface area (Å²) in [6.07, 6.45) is 0.444. The van der Waals surface area contributed by atoms with Gasteiger partial charge in [0.15, 0.2) is 0 Å². The van der Waals surface area contributed by atoms with Crippen molar-refractivity contribution in [3.05, 3.63) is 100 Å². The van der Waals surface area contributed by atoms with Crippen LogP contribution in [0.25, 0.3) is 0 Å². The van der Waals surface area contributed by atoms with Gasteiger partial charge in [-0.3, -0.25) is 9.59 Å². The van der Waals surface area contributed by atoms with E-state index in [9.17, 15) is 9.59 Å². The van der Waals surface area contributed by atoms with Crippen LogP contribution in [0.4, 0.5) is 0 Å². The Morgan fingerprint density at radius 2 is 1.69 bits per heavy atom. The summed E-state index contributed by atoms with van der Waals surface area (Å²) in [6.45, 7) is 2.72. The average molecular weight is 556 g/mol. The number of thioether (sulfide) groups is 1. The van der Waals surface area contributed by atoms with Gasteiger partial charge in [0.05, 0.1) is 12.9 Å². The summed E-state index contributed by atoms with van der Waals surface area (Å²) >= 11 is 5.01. The molecular weight excluding hydrogens is 524 g/mol. The Bertz CT molecular complexity index is 1090. The second-order valence-electron chi connectivity index (χ2n) is 8.09. The lowest BCUT2D eigenvalue weighted by atomic mass is 10.0. The van der Waals surface area contributed by atoms with Gasteiger partial charge in [0.25, 0.3) is 0 Å². The van der Waals surface area contributed by atoms with Crippen LogP contribution < -0.4 is 10.1 Å². The zero-order valence-electron chi connectivity index (χ0n) is 20.1. The van der Waals surface area contributed by atoms with Crippen molar-refractivity contribution in [2.75, 3.05) is 19.4 Å². The molecule has 0 heterocycles. The first-order valence-corrected chi connectivity index (χ1v) is 13.5. The number of amides is 2. The molecule has 0 fully saturated rings. The van der Waals surface area contributed by atoms with Crippen LogP contribution in [0.5, 0.6) is 5.75 Å². The molecule has 0 bridgehead atoms. The van der Waals surface area contributed by atoms with Crippen LogP contribution in [0.15, 0.2) is 83.3 Å². The topological polar surface area (TPSA) is 58.6 Å². The maximum Gasteiger partial charge on any atom is 0.243 e. The van der Waals surface area contributed by atoms with E-state index in [-0.39, 0.29) is 17.6 Å². The second kappa shape index (κ2) is 14.0. The molecule has 2 amide bonds. The summed E-state index contributed by atoms with van der Waals surface area (Å²) < 4.78 is 6.40. The standard InChI is InChI=1S/C28H31BrN2O3S/c1-3-30-28(33)26(17-21-8-5-4-6-9-21)31(18-23-10-7-11-25(16-23)34-2)27(32)20-35-19-22-12-14-24(29)15-13-22/h4-16,26H,3,17-20H2,1-2H3,(H,30,33). The highest BCUT2D eigenvalue weighted by Gasteiger charge is 2.30. The van der Waals surface area contributed by atoms with Gasteiger partial charge in [-0.2, -0.15) is 0 Å². The molecule has 3 aromatic rings. The molecular formula is C28H31BrN2O3S. The van der Waals surface area contributed by atoms with Crippen molar-refractivity contribution < 1.29 is 14.3 Å². The summed E-state index contributed by atoms with van der Waals surface area (Å²) in [5, 5.41) is 2.93. The van der Waals surface area contributed by atoms with Crippen molar-refractivity contribution in [3.8, 4) is 5.75 Å². The SMILES string of the molecule is CCNC(=O)C(Cc1ccccc1)N(Cc1cccc(OC)c1)C(=O)CSCc1ccc(Br)cc1. The van der Waals surface area contributed by atoms with E-state index in [2.05, 4.69) is 21.2 Å². The molecule has 1 N–H and O–H groups in total. The smallest absolute Gasteiger partial charge is 0.243 e. The van der Waals surface area contributed by atoms with Crippen LogP contribution in [0.2, 0.25) is 0 Å². The highest BCUT2D eigenvalue weighted by Crippen LogP contribution is 2.21. The maximum atomic E-state index is 13.6. The number of carbonyl (C=O) groups is 2. The van der Waals surface area contributed by atoms with Gasteiger partial charge < -0.3 is 15.0 Å². The van der Waals surface area contributed by atoms with Gasteiger partial charge in [0.2, 0.25) is 11.8 Å². The van der Waals surface area contributed by atoms with Crippen molar-refractivity contribution >= 4 is 39.5 Å². The lowest BCUT2D eigenvalue weighted by Crippen LogP contribution is -2.51. The number of ether oxygens (including phenoxy) is 1. The number of halogens is 1. The highest BCUT2D eigenvalue weighted by molar-refractivity contribution is 9.10. The number of benzene rings is 3. The number of likely N-dealkylation sites (N-methyl/N-ethyl adjacent to an activating group) is 1. The predicted octanol–water partition coefficient (Wildman–Crippen LogP) is 5.47. The third-order valence-electron chi connectivity index (χ3n) is 5.52. The van der Waals surface area contributed by atoms with Crippen LogP contribution in [-0.2, 0) is 28.3 Å². The lowest BCUT2D eigenvalue weighted by Gasteiger charge is -2.31. The second-order valence-corrected chi connectivity index (χ2v) is 9.99. The summed E-state index contributed by atoms with van der Waals surface area (Å²) in [5.74, 6) is 1.51. The summed E-state index contributed by atoms with van der Waals surface area (Å²) in [5.41, 5.74) is 3.07. The molecule has 7 heteroatoms. The van der Waals surface area contributed by atoms with Crippen molar-refractivity contribution in [1.82, 2.24) is 10.2 Å². The molecule has 0 aromatic heterocycles. The van der Waals surface area contributed by atoms with E-state index in [0.29, 0.717) is 19.5 Å². The third kappa shape index (κ3) is 8.44. The number of hydrogen-bond donors (Lipinski definition) is 1. The Kier molecular flexibility index (Phi) is 10.7. The number of nitrogens with zero attached hydrogens (tertiary/aromatic N) is 1. The molecule has 0 aliphatic rings. The molecule has 0 saturated heterocycles. The fourth-order valence-electron chi connectivity index (χ4n) is 3.73. The Morgan fingerprint density at radius 3 is 2.37 bits per heavy atom. The van der Waals surface area contributed by atoms with Gasteiger partial charge in [-0.25, -0.2) is 0 Å².